The lowest BCUT2D eigenvalue weighted by Gasteiger charge is -2.04. The van der Waals surface area contributed by atoms with Crippen LogP contribution < -0.4 is 4.72 Å². The van der Waals surface area contributed by atoms with Crippen LogP contribution in [0.25, 0.3) is 11.0 Å². The zero-order chi connectivity index (χ0) is 12.3. The molecule has 0 bridgehead atoms. The number of aromatic nitrogens is 2. The van der Waals surface area contributed by atoms with Crippen LogP contribution in [0.15, 0.2) is 30.6 Å². The van der Waals surface area contributed by atoms with E-state index < -0.39 is 10.0 Å². The number of aryl methyl sites for hydroxylation is 1. The highest BCUT2D eigenvalue weighted by Gasteiger charge is 2.02. The minimum absolute atomic E-state index is 0.450. The second-order valence-electron chi connectivity index (χ2n) is 3.95. The Balaban J connectivity index is 1.96. The lowest BCUT2D eigenvalue weighted by atomic mass is 10.3. The number of benzene rings is 1. The van der Waals surface area contributed by atoms with Gasteiger partial charge in [-0.25, -0.2) is 18.1 Å². The average Bonchev–Trinajstić information content (AvgIpc) is 2.67. The van der Waals surface area contributed by atoms with Gasteiger partial charge in [0.25, 0.3) is 0 Å². The first kappa shape index (κ1) is 12.1. The van der Waals surface area contributed by atoms with E-state index >= 15 is 0 Å². The molecule has 2 aromatic rings. The van der Waals surface area contributed by atoms with Crippen molar-refractivity contribution < 1.29 is 8.42 Å². The lowest BCUT2D eigenvalue weighted by Crippen LogP contribution is -2.23. The smallest absolute Gasteiger partial charge is 0.208 e. The Morgan fingerprint density at radius 1 is 1.35 bits per heavy atom. The van der Waals surface area contributed by atoms with Gasteiger partial charge in [0.2, 0.25) is 10.0 Å². The van der Waals surface area contributed by atoms with E-state index in [1.165, 1.54) is 6.26 Å². The molecule has 0 unspecified atom stereocenters. The van der Waals surface area contributed by atoms with Gasteiger partial charge in [-0.15, -0.1) is 0 Å². The number of sulfonamides is 1. The minimum Gasteiger partial charge on any atom is -0.331 e. The first-order valence-corrected chi connectivity index (χ1v) is 7.30. The maximum Gasteiger partial charge on any atom is 0.208 e. The Kier molecular flexibility index (Phi) is 3.44. The quantitative estimate of drug-likeness (QED) is 0.808. The van der Waals surface area contributed by atoms with Gasteiger partial charge in [0.05, 0.1) is 23.6 Å². The molecule has 1 aromatic heterocycles. The Bertz CT molecular complexity index is 604. The van der Waals surface area contributed by atoms with Crippen LogP contribution in [0.4, 0.5) is 0 Å². The van der Waals surface area contributed by atoms with E-state index in [-0.39, 0.29) is 0 Å². The highest BCUT2D eigenvalue weighted by atomic mass is 32.2. The lowest BCUT2D eigenvalue weighted by molar-refractivity contribution is 0.577. The minimum atomic E-state index is -3.08. The molecule has 1 aromatic carbocycles. The van der Waals surface area contributed by atoms with E-state index in [9.17, 15) is 8.42 Å². The highest BCUT2D eigenvalue weighted by molar-refractivity contribution is 7.88. The summed E-state index contributed by atoms with van der Waals surface area (Å²) < 4.78 is 26.2. The van der Waals surface area contributed by atoms with Gasteiger partial charge in [-0.2, -0.15) is 0 Å². The zero-order valence-corrected chi connectivity index (χ0v) is 10.4. The van der Waals surface area contributed by atoms with Crippen LogP contribution in [0, 0.1) is 0 Å². The normalized spacial score (nSPS) is 12.1. The molecule has 1 heterocycles. The van der Waals surface area contributed by atoms with Crippen molar-refractivity contribution in [2.45, 2.75) is 13.0 Å². The van der Waals surface area contributed by atoms with E-state index in [1.807, 2.05) is 28.8 Å². The number of fused-ring (bicyclic) bond motifs is 1. The SMILES string of the molecule is CS(=O)(=O)NCCCn1cnc2ccccc21. The molecule has 2 rings (SSSR count). The molecule has 0 aliphatic heterocycles. The number of para-hydroxylation sites is 2. The van der Waals surface area contributed by atoms with Gasteiger partial charge in [0.15, 0.2) is 0 Å². The van der Waals surface area contributed by atoms with Gasteiger partial charge in [-0.1, -0.05) is 12.1 Å². The Morgan fingerprint density at radius 2 is 2.12 bits per heavy atom. The second-order valence-corrected chi connectivity index (χ2v) is 5.78. The molecular formula is C11H15N3O2S. The molecular weight excluding hydrogens is 238 g/mol. The molecule has 0 aliphatic rings. The molecule has 0 radical (unpaired) electrons. The second kappa shape index (κ2) is 4.85. The molecule has 0 saturated carbocycles. The van der Waals surface area contributed by atoms with Crippen LogP contribution in [0.2, 0.25) is 0 Å². The number of rotatable bonds is 5. The Morgan fingerprint density at radius 3 is 2.88 bits per heavy atom. The average molecular weight is 253 g/mol. The molecule has 5 nitrogen and oxygen atoms in total. The summed E-state index contributed by atoms with van der Waals surface area (Å²) in [6.07, 6.45) is 3.69. The zero-order valence-electron chi connectivity index (χ0n) is 9.63. The predicted molar refractivity (Wildman–Crippen MR) is 67.2 cm³/mol. The number of hydrogen-bond acceptors (Lipinski definition) is 3. The number of imidazole rings is 1. The van der Waals surface area contributed by atoms with Crippen LogP contribution in [0.1, 0.15) is 6.42 Å². The summed E-state index contributed by atoms with van der Waals surface area (Å²) in [5, 5.41) is 0. The molecule has 92 valence electrons. The maximum atomic E-state index is 10.9. The van der Waals surface area contributed by atoms with Gasteiger partial charge in [0, 0.05) is 13.1 Å². The first-order chi connectivity index (χ1) is 8.06. The summed E-state index contributed by atoms with van der Waals surface area (Å²) in [5.41, 5.74) is 2.04. The molecule has 0 fully saturated rings. The van der Waals surface area contributed by atoms with E-state index in [1.54, 1.807) is 6.33 Å². The fourth-order valence-electron chi connectivity index (χ4n) is 1.70. The first-order valence-electron chi connectivity index (χ1n) is 5.41. The van der Waals surface area contributed by atoms with E-state index in [0.29, 0.717) is 6.54 Å². The molecule has 0 spiro atoms. The fourth-order valence-corrected chi connectivity index (χ4v) is 2.21. The van der Waals surface area contributed by atoms with Crippen molar-refractivity contribution in [3.05, 3.63) is 30.6 Å². The summed E-state index contributed by atoms with van der Waals surface area (Å²) in [6, 6.07) is 7.88. The fraction of sp³-hybridized carbons (Fsp3) is 0.364. The number of hydrogen-bond donors (Lipinski definition) is 1. The van der Waals surface area contributed by atoms with Crippen LogP contribution in [-0.2, 0) is 16.6 Å². The summed E-state index contributed by atoms with van der Waals surface area (Å²) >= 11 is 0. The highest BCUT2D eigenvalue weighted by Crippen LogP contribution is 2.11. The van der Waals surface area contributed by atoms with Gasteiger partial charge >= 0.3 is 0 Å². The van der Waals surface area contributed by atoms with E-state index in [0.717, 1.165) is 24.0 Å². The van der Waals surface area contributed by atoms with Crippen molar-refractivity contribution in [2.24, 2.45) is 0 Å². The standard InChI is InChI=1S/C11H15N3O2S/c1-17(15,16)13-7-4-8-14-9-12-10-5-2-3-6-11(10)14/h2-3,5-6,9,13H,4,7-8H2,1H3. The Hall–Kier alpha value is -1.40. The summed E-state index contributed by atoms with van der Waals surface area (Å²) in [7, 11) is -3.08. The van der Waals surface area contributed by atoms with Crippen LogP contribution in [0.5, 0.6) is 0 Å². The summed E-state index contributed by atoms with van der Waals surface area (Å²) in [6.45, 7) is 1.20. The molecule has 0 saturated heterocycles. The molecule has 17 heavy (non-hydrogen) atoms. The van der Waals surface area contributed by atoms with Gasteiger partial charge in [0.1, 0.15) is 0 Å². The molecule has 6 heteroatoms. The molecule has 0 atom stereocenters. The molecule has 0 amide bonds. The monoisotopic (exact) mass is 253 g/mol. The van der Waals surface area contributed by atoms with Gasteiger partial charge in [-0.05, 0) is 18.6 Å². The van der Waals surface area contributed by atoms with Crippen LogP contribution in [-0.4, -0.2) is 30.8 Å². The van der Waals surface area contributed by atoms with Gasteiger partial charge in [-0.3, -0.25) is 0 Å². The number of nitrogens with zero attached hydrogens (tertiary/aromatic N) is 2. The van der Waals surface area contributed by atoms with Crippen molar-refractivity contribution in [1.82, 2.24) is 14.3 Å². The van der Waals surface area contributed by atoms with Crippen LogP contribution in [0.3, 0.4) is 0 Å². The van der Waals surface area contributed by atoms with Crippen LogP contribution >= 0.6 is 0 Å². The van der Waals surface area contributed by atoms with Crippen molar-refractivity contribution in [1.29, 1.82) is 0 Å². The predicted octanol–water partition coefficient (Wildman–Crippen LogP) is 0.976. The van der Waals surface area contributed by atoms with Crippen molar-refractivity contribution in [3.63, 3.8) is 0 Å². The summed E-state index contributed by atoms with van der Waals surface area (Å²) in [4.78, 5) is 4.27. The maximum absolute atomic E-state index is 10.9. The van der Waals surface area contributed by atoms with Gasteiger partial charge < -0.3 is 4.57 Å². The van der Waals surface area contributed by atoms with Crippen molar-refractivity contribution in [2.75, 3.05) is 12.8 Å². The largest absolute Gasteiger partial charge is 0.331 e. The van der Waals surface area contributed by atoms with E-state index in [4.69, 9.17) is 0 Å². The third-order valence-electron chi connectivity index (χ3n) is 2.47. The Labute approximate surface area is 101 Å². The topological polar surface area (TPSA) is 64.0 Å². The summed E-state index contributed by atoms with van der Waals surface area (Å²) in [5.74, 6) is 0. The third kappa shape index (κ3) is 3.28. The molecule has 1 N–H and O–H groups in total. The van der Waals surface area contributed by atoms with E-state index in [2.05, 4.69) is 9.71 Å². The van der Waals surface area contributed by atoms with Crippen molar-refractivity contribution in [3.8, 4) is 0 Å². The number of nitrogens with one attached hydrogen (secondary N) is 1. The molecule has 0 aliphatic carbocycles. The van der Waals surface area contributed by atoms with Crippen molar-refractivity contribution >= 4 is 21.1 Å². The third-order valence-corrected chi connectivity index (χ3v) is 3.20.